The molecule has 1 aliphatic rings. The SMILES string of the molecule is Cc1ncsc1CN1CCN(C)C(c2cn3c(-c4ccncc4)cccc3n2)C1.O=C(O)C(F)(F)F.O=C(O)C(F)(F)F.O=C(O)C(F)(F)F. The van der Waals surface area contributed by atoms with Crippen molar-refractivity contribution in [2.45, 2.75) is 38.0 Å². The zero-order valence-electron chi connectivity index (χ0n) is 25.7. The largest absolute Gasteiger partial charge is 0.490 e. The molecule has 0 bridgehead atoms. The first-order chi connectivity index (χ1) is 23.0. The summed E-state index contributed by atoms with van der Waals surface area (Å²) in [7, 11) is 2.20. The highest BCUT2D eigenvalue weighted by molar-refractivity contribution is 7.09. The molecule has 4 aromatic heterocycles. The molecule has 50 heavy (non-hydrogen) atoms. The fourth-order valence-electron chi connectivity index (χ4n) is 4.02. The van der Waals surface area contributed by atoms with Gasteiger partial charge in [-0.15, -0.1) is 11.3 Å². The van der Waals surface area contributed by atoms with E-state index in [-0.39, 0.29) is 6.04 Å². The molecule has 0 radical (unpaired) electrons. The van der Waals surface area contributed by atoms with Crippen molar-refractivity contribution in [2.24, 2.45) is 0 Å². The Morgan fingerprint density at radius 1 is 0.860 bits per heavy atom. The van der Waals surface area contributed by atoms with Crippen LogP contribution in [0.25, 0.3) is 16.9 Å². The van der Waals surface area contributed by atoms with Crippen molar-refractivity contribution >= 4 is 34.9 Å². The number of imidazole rings is 1. The molecule has 22 heteroatoms. The number of fused-ring (bicyclic) bond motifs is 1. The van der Waals surface area contributed by atoms with Gasteiger partial charge in [0.15, 0.2) is 0 Å². The molecule has 1 aliphatic heterocycles. The third-order valence-electron chi connectivity index (χ3n) is 6.50. The molecule has 3 N–H and O–H groups in total. The molecule has 0 saturated carbocycles. The molecule has 274 valence electrons. The van der Waals surface area contributed by atoms with Crippen molar-refractivity contribution in [1.82, 2.24) is 29.2 Å². The molecule has 12 nitrogen and oxygen atoms in total. The maximum Gasteiger partial charge on any atom is 0.490 e. The summed E-state index contributed by atoms with van der Waals surface area (Å²) in [6, 6.07) is 10.7. The average Bonchev–Trinajstić information content (AvgIpc) is 3.63. The molecular formula is C28H27F9N6O6S. The predicted octanol–water partition coefficient (Wildman–Crippen LogP) is 5.55. The summed E-state index contributed by atoms with van der Waals surface area (Å²) >= 11 is 1.75. The fourth-order valence-corrected chi connectivity index (χ4v) is 4.84. The van der Waals surface area contributed by atoms with Gasteiger partial charge in [0.2, 0.25) is 0 Å². The van der Waals surface area contributed by atoms with Gasteiger partial charge < -0.3 is 15.3 Å². The van der Waals surface area contributed by atoms with Crippen LogP contribution in [0.5, 0.6) is 0 Å². The van der Waals surface area contributed by atoms with E-state index in [4.69, 9.17) is 34.7 Å². The molecule has 1 saturated heterocycles. The number of hydrogen-bond donors (Lipinski definition) is 3. The van der Waals surface area contributed by atoms with Crippen molar-refractivity contribution in [1.29, 1.82) is 0 Å². The van der Waals surface area contributed by atoms with E-state index in [1.807, 2.05) is 30.0 Å². The van der Waals surface area contributed by atoms with Crippen LogP contribution in [0.4, 0.5) is 39.5 Å². The molecule has 0 spiro atoms. The summed E-state index contributed by atoms with van der Waals surface area (Å²) in [5.74, 6) is -8.27. The number of carboxylic acid groups (broad SMARTS) is 3. The summed E-state index contributed by atoms with van der Waals surface area (Å²) in [4.78, 5) is 46.5. The number of nitrogens with zero attached hydrogens (tertiary/aromatic N) is 6. The Morgan fingerprint density at radius 3 is 1.84 bits per heavy atom. The minimum absolute atomic E-state index is 0.280. The third-order valence-corrected chi connectivity index (χ3v) is 7.42. The van der Waals surface area contributed by atoms with Gasteiger partial charge in [0, 0.05) is 55.2 Å². The van der Waals surface area contributed by atoms with Gasteiger partial charge in [0.05, 0.1) is 28.6 Å². The van der Waals surface area contributed by atoms with Crippen molar-refractivity contribution < 1.29 is 69.2 Å². The summed E-state index contributed by atoms with van der Waals surface area (Å²) in [5, 5.41) is 21.4. The topological polar surface area (TPSA) is 161 Å². The molecule has 1 fully saturated rings. The number of thiazole rings is 1. The van der Waals surface area contributed by atoms with Crippen LogP contribution in [0.1, 0.15) is 22.3 Å². The maximum atomic E-state index is 10.6. The highest BCUT2D eigenvalue weighted by Gasteiger charge is 2.39. The highest BCUT2D eigenvalue weighted by atomic mass is 32.1. The molecular weight excluding hydrogens is 719 g/mol. The van der Waals surface area contributed by atoms with Crippen LogP contribution in [0.2, 0.25) is 0 Å². The van der Waals surface area contributed by atoms with E-state index >= 15 is 0 Å². The van der Waals surface area contributed by atoms with E-state index in [9.17, 15) is 39.5 Å². The summed E-state index contributed by atoms with van der Waals surface area (Å²) in [6.07, 6.45) is -9.38. The number of aliphatic carboxylic acids is 3. The minimum Gasteiger partial charge on any atom is -0.475 e. The van der Waals surface area contributed by atoms with E-state index < -0.39 is 36.4 Å². The van der Waals surface area contributed by atoms with Crippen molar-refractivity contribution in [3.8, 4) is 11.3 Å². The number of halogens is 9. The molecule has 5 rings (SSSR count). The van der Waals surface area contributed by atoms with E-state index in [1.54, 1.807) is 11.3 Å². The monoisotopic (exact) mass is 746 g/mol. The Kier molecular flexibility index (Phi) is 14.2. The molecule has 1 atom stereocenters. The number of alkyl halides is 9. The van der Waals surface area contributed by atoms with Crippen molar-refractivity contribution in [3.05, 3.63) is 70.7 Å². The number of aryl methyl sites for hydroxylation is 1. The van der Waals surface area contributed by atoms with Gasteiger partial charge in [0.25, 0.3) is 0 Å². The first-order valence-corrected chi connectivity index (χ1v) is 14.5. The zero-order valence-corrected chi connectivity index (χ0v) is 26.5. The minimum atomic E-state index is -5.08. The van der Waals surface area contributed by atoms with Crippen LogP contribution in [0, 0.1) is 6.92 Å². The van der Waals surface area contributed by atoms with Crippen LogP contribution >= 0.6 is 11.3 Å². The van der Waals surface area contributed by atoms with Gasteiger partial charge in [-0.05, 0) is 38.2 Å². The Bertz CT molecular complexity index is 1670. The molecule has 0 aliphatic carbocycles. The van der Waals surface area contributed by atoms with Gasteiger partial charge in [-0.1, -0.05) is 6.07 Å². The molecule has 5 heterocycles. The number of hydrogen-bond acceptors (Lipinski definition) is 9. The zero-order chi connectivity index (χ0) is 38.0. The lowest BCUT2D eigenvalue weighted by molar-refractivity contribution is -0.193. The van der Waals surface area contributed by atoms with Crippen molar-refractivity contribution in [2.75, 3.05) is 26.7 Å². The van der Waals surface area contributed by atoms with Gasteiger partial charge in [-0.2, -0.15) is 39.5 Å². The van der Waals surface area contributed by atoms with E-state index in [2.05, 4.69) is 62.5 Å². The number of pyridine rings is 2. The highest BCUT2D eigenvalue weighted by Crippen LogP contribution is 2.28. The Morgan fingerprint density at radius 2 is 1.38 bits per heavy atom. The predicted molar refractivity (Wildman–Crippen MR) is 157 cm³/mol. The summed E-state index contributed by atoms with van der Waals surface area (Å²) < 4.78 is 97.4. The van der Waals surface area contributed by atoms with Crippen LogP contribution in [-0.2, 0) is 20.9 Å². The molecule has 1 unspecified atom stereocenters. The molecule has 0 aromatic carbocycles. The van der Waals surface area contributed by atoms with Gasteiger partial charge >= 0.3 is 36.4 Å². The third kappa shape index (κ3) is 12.6. The van der Waals surface area contributed by atoms with Crippen molar-refractivity contribution in [3.63, 3.8) is 0 Å². The quantitative estimate of drug-likeness (QED) is 0.225. The number of rotatable bonds is 4. The smallest absolute Gasteiger partial charge is 0.475 e. The van der Waals surface area contributed by atoms with Gasteiger partial charge in [0.1, 0.15) is 5.65 Å². The number of aromatic nitrogens is 4. The number of carbonyl (C=O) groups is 3. The first kappa shape index (κ1) is 41.3. The standard InChI is InChI=1S/C22H24N6S.3C2HF3O2/c1-16-21(29-15-24-16)14-27-11-10-26(2)20(13-27)18-12-28-19(4-3-5-22(28)25-18)17-6-8-23-9-7-17;3*3-2(4,5)1(6)7/h3-9,12,15,20H,10-11,13-14H2,1-2H3;3*(H,6,7). The van der Waals surface area contributed by atoms with Crippen LogP contribution in [-0.4, -0.2) is 108 Å². The fraction of sp³-hybridized carbons (Fsp3) is 0.357. The lowest BCUT2D eigenvalue weighted by Crippen LogP contribution is -2.46. The second kappa shape index (κ2) is 17.2. The van der Waals surface area contributed by atoms with E-state index in [1.165, 1.54) is 4.88 Å². The second-order valence-corrected chi connectivity index (χ2v) is 11.0. The number of carboxylic acids is 3. The van der Waals surface area contributed by atoms with E-state index in [0.717, 1.165) is 54.5 Å². The van der Waals surface area contributed by atoms with E-state index in [0.29, 0.717) is 0 Å². The maximum absolute atomic E-state index is 10.6. The van der Waals surface area contributed by atoms with Gasteiger partial charge in [-0.25, -0.2) is 24.4 Å². The first-order valence-electron chi connectivity index (χ1n) is 13.6. The molecule has 0 amide bonds. The lowest BCUT2D eigenvalue weighted by Gasteiger charge is -2.38. The van der Waals surface area contributed by atoms with Gasteiger partial charge in [-0.3, -0.25) is 19.2 Å². The summed E-state index contributed by atoms with van der Waals surface area (Å²) in [5.41, 5.74) is 7.49. The average molecular weight is 747 g/mol. The molecule has 4 aromatic rings. The Labute approximate surface area is 280 Å². The van der Waals surface area contributed by atoms with Crippen LogP contribution in [0.3, 0.4) is 0 Å². The summed E-state index contributed by atoms with van der Waals surface area (Å²) in [6.45, 7) is 6.15. The Balaban J connectivity index is 0.000000338. The number of piperazine rings is 1. The lowest BCUT2D eigenvalue weighted by atomic mass is 10.1. The number of likely N-dealkylation sites (N-methyl/N-ethyl adjacent to an activating group) is 1. The van der Waals surface area contributed by atoms with Crippen LogP contribution in [0.15, 0.2) is 54.4 Å². The Hall–Kier alpha value is -4.83. The second-order valence-electron chi connectivity index (χ2n) is 10.0. The normalized spacial score (nSPS) is 15.5. The van der Waals surface area contributed by atoms with Crippen LogP contribution < -0.4 is 0 Å².